The summed E-state index contributed by atoms with van der Waals surface area (Å²) in [6.45, 7) is 1.63. The number of aromatic nitrogens is 2. The van der Waals surface area contributed by atoms with Gasteiger partial charge in [0, 0.05) is 21.2 Å². The van der Waals surface area contributed by atoms with E-state index in [1.54, 1.807) is 6.07 Å². The Bertz CT molecular complexity index is 1190. The minimum absolute atomic E-state index is 0.430. The van der Waals surface area contributed by atoms with Crippen LogP contribution in [0.3, 0.4) is 0 Å². The molecule has 4 aromatic rings. The Morgan fingerprint density at radius 3 is 2.25 bits per heavy atom. The zero-order chi connectivity index (χ0) is 22.7. The van der Waals surface area contributed by atoms with Gasteiger partial charge in [-0.15, -0.1) is 0 Å². The fourth-order valence-corrected chi connectivity index (χ4v) is 3.63. The number of carboxylic acids is 1. The molecule has 0 fully saturated rings. The highest BCUT2D eigenvalue weighted by Gasteiger charge is 2.17. The van der Waals surface area contributed by atoms with Crippen LogP contribution in [0.25, 0.3) is 28.2 Å². The van der Waals surface area contributed by atoms with E-state index in [1.165, 1.54) is 0 Å². The lowest BCUT2D eigenvalue weighted by atomic mass is 10.0. The lowest BCUT2D eigenvalue weighted by Crippen LogP contribution is -2.10. The molecule has 162 valence electrons. The van der Waals surface area contributed by atoms with E-state index in [9.17, 15) is 4.79 Å². The van der Waals surface area contributed by atoms with Crippen molar-refractivity contribution in [2.45, 2.75) is 13.3 Å². The molecule has 0 aliphatic rings. The third-order valence-corrected chi connectivity index (χ3v) is 5.50. The lowest BCUT2D eigenvalue weighted by molar-refractivity contribution is -0.139. The van der Waals surface area contributed by atoms with E-state index in [4.69, 9.17) is 38.1 Å². The van der Waals surface area contributed by atoms with E-state index in [2.05, 4.69) is 6.92 Å². The van der Waals surface area contributed by atoms with Crippen LogP contribution in [-0.2, 0) is 11.2 Å². The summed E-state index contributed by atoms with van der Waals surface area (Å²) in [7, 11) is 0. The van der Waals surface area contributed by atoms with Crippen LogP contribution in [0.15, 0.2) is 72.8 Å². The first-order chi connectivity index (χ1) is 15.4. The first-order valence-corrected chi connectivity index (χ1v) is 10.8. The molecular weight excluding hydrogens is 447 g/mol. The summed E-state index contributed by atoms with van der Waals surface area (Å²) in [6, 6.07) is 22.6. The molecule has 1 heterocycles. The summed E-state index contributed by atoms with van der Waals surface area (Å²) in [6.07, 6.45) is 0.828. The van der Waals surface area contributed by atoms with E-state index in [1.807, 2.05) is 71.4 Å². The monoisotopic (exact) mass is 466 g/mol. The number of hydrogen-bond acceptors (Lipinski definition) is 3. The van der Waals surface area contributed by atoms with Crippen LogP contribution in [0.5, 0.6) is 5.75 Å². The number of benzene rings is 3. The van der Waals surface area contributed by atoms with Gasteiger partial charge in [0.2, 0.25) is 0 Å². The van der Waals surface area contributed by atoms with Gasteiger partial charge in [-0.1, -0.05) is 48.3 Å². The molecule has 0 spiro atoms. The van der Waals surface area contributed by atoms with Gasteiger partial charge in [-0.05, 0) is 66.6 Å². The maximum atomic E-state index is 11.1. The van der Waals surface area contributed by atoms with Crippen molar-refractivity contribution < 1.29 is 14.6 Å². The molecule has 5 nitrogen and oxygen atoms in total. The van der Waals surface area contributed by atoms with E-state index >= 15 is 0 Å². The smallest absolute Gasteiger partial charge is 0.341 e. The van der Waals surface area contributed by atoms with Crippen molar-refractivity contribution >= 4 is 29.2 Å². The predicted octanol–water partition coefficient (Wildman–Crippen LogP) is 6.54. The maximum Gasteiger partial charge on any atom is 0.341 e. The van der Waals surface area contributed by atoms with Crippen molar-refractivity contribution in [1.29, 1.82) is 0 Å². The highest BCUT2D eigenvalue weighted by atomic mass is 35.5. The third kappa shape index (κ3) is 4.79. The number of carbonyl (C=O) groups is 1. The van der Waals surface area contributed by atoms with Gasteiger partial charge in [-0.25, -0.2) is 9.48 Å². The summed E-state index contributed by atoms with van der Waals surface area (Å²) in [5.74, 6) is -0.572. The highest BCUT2D eigenvalue weighted by Crippen LogP contribution is 2.35. The second kappa shape index (κ2) is 9.47. The van der Waals surface area contributed by atoms with Gasteiger partial charge in [0.1, 0.15) is 5.75 Å². The largest absolute Gasteiger partial charge is 0.481 e. The summed E-state index contributed by atoms with van der Waals surface area (Å²) in [5, 5.41) is 15.2. The van der Waals surface area contributed by atoms with Gasteiger partial charge in [-0.2, -0.15) is 5.10 Å². The summed E-state index contributed by atoms with van der Waals surface area (Å²) < 4.78 is 7.39. The maximum absolute atomic E-state index is 11.1. The molecule has 0 unspecified atom stereocenters. The summed E-state index contributed by atoms with van der Waals surface area (Å²) in [5.41, 5.74) is 5.11. The molecule has 7 heteroatoms. The molecule has 0 radical (unpaired) electrons. The minimum Gasteiger partial charge on any atom is -0.481 e. The molecule has 4 rings (SSSR count). The Labute approximate surface area is 195 Å². The Morgan fingerprint density at radius 1 is 0.969 bits per heavy atom. The highest BCUT2D eigenvalue weighted by molar-refractivity contribution is 6.30. The van der Waals surface area contributed by atoms with Gasteiger partial charge >= 0.3 is 5.97 Å². The number of hydrogen-bond donors (Lipinski definition) is 1. The van der Waals surface area contributed by atoms with Gasteiger partial charge in [0.05, 0.1) is 17.1 Å². The molecule has 0 aliphatic carbocycles. The van der Waals surface area contributed by atoms with Crippen molar-refractivity contribution in [2.75, 3.05) is 6.61 Å². The number of halogens is 2. The Kier molecular flexibility index (Phi) is 6.49. The Morgan fingerprint density at radius 2 is 1.62 bits per heavy atom. The number of rotatable bonds is 7. The molecule has 3 aromatic carbocycles. The molecular formula is C25H20Cl2N2O3. The zero-order valence-corrected chi connectivity index (χ0v) is 18.8. The van der Waals surface area contributed by atoms with Crippen molar-refractivity contribution in [2.24, 2.45) is 0 Å². The van der Waals surface area contributed by atoms with Crippen LogP contribution in [0.2, 0.25) is 10.0 Å². The SMILES string of the molecule is CCc1ccc(OCC(=O)O)c(-c2cc(-c3ccc(Cl)cc3)n(-c3ccc(Cl)cc3)n2)c1. The minimum atomic E-state index is -1.04. The Balaban J connectivity index is 1.88. The van der Waals surface area contributed by atoms with Crippen LogP contribution in [0.4, 0.5) is 0 Å². The lowest BCUT2D eigenvalue weighted by Gasteiger charge is -2.10. The third-order valence-electron chi connectivity index (χ3n) is 5.00. The van der Waals surface area contributed by atoms with Crippen molar-refractivity contribution in [3.63, 3.8) is 0 Å². The van der Waals surface area contributed by atoms with Crippen molar-refractivity contribution in [3.05, 3.63) is 88.4 Å². The van der Waals surface area contributed by atoms with E-state index < -0.39 is 12.6 Å². The average Bonchev–Trinajstić information content (AvgIpc) is 3.24. The molecule has 0 saturated carbocycles. The normalized spacial score (nSPS) is 10.8. The molecule has 32 heavy (non-hydrogen) atoms. The van der Waals surface area contributed by atoms with Gasteiger partial charge in [0.15, 0.2) is 6.61 Å². The molecule has 0 atom stereocenters. The van der Waals surface area contributed by atoms with E-state index in [0.717, 1.165) is 34.5 Å². The summed E-state index contributed by atoms with van der Waals surface area (Å²) in [4.78, 5) is 11.1. The van der Waals surface area contributed by atoms with Crippen molar-refractivity contribution in [3.8, 4) is 34.0 Å². The number of aliphatic carboxylic acids is 1. The second-order valence-corrected chi connectivity index (χ2v) is 8.05. The van der Waals surface area contributed by atoms with Crippen LogP contribution in [-0.4, -0.2) is 27.5 Å². The molecule has 1 N–H and O–H groups in total. The van der Waals surface area contributed by atoms with Gasteiger partial charge in [-0.3, -0.25) is 0 Å². The van der Waals surface area contributed by atoms with Gasteiger partial charge < -0.3 is 9.84 Å². The van der Waals surface area contributed by atoms with Crippen LogP contribution < -0.4 is 4.74 Å². The second-order valence-electron chi connectivity index (χ2n) is 7.18. The van der Waals surface area contributed by atoms with Crippen LogP contribution in [0, 0.1) is 0 Å². The first kappa shape index (κ1) is 21.9. The fourth-order valence-electron chi connectivity index (χ4n) is 3.38. The molecule has 0 amide bonds. The number of nitrogens with zero attached hydrogens (tertiary/aromatic N) is 2. The van der Waals surface area contributed by atoms with Crippen LogP contribution in [0.1, 0.15) is 12.5 Å². The molecule has 0 aliphatic heterocycles. The number of carboxylic acid groups (broad SMARTS) is 1. The zero-order valence-electron chi connectivity index (χ0n) is 17.3. The van der Waals surface area contributed by atoms with Crippen molar-refractivity contribution in [1.82, 2.24) is 9.78 Å². The van der Waals surface area contributed by atoms with Gasteiger partial charge in [0.25, 0.3) is 0 Å². The standard InChI is InChI=1S/C25H20Cl2N2O3/c1-2-16-3-12-24(32-15-25(30)31)21(13-16)22-14-23(17-4-6-18(26)7-5-17)29(28-22)20-10-8-19(27)9-11-20/h3-14H,2,15H2,1H3,(H,30,31). The predicted molar refractivity (Wildman–Crippen MR) is 127 cm³/mol. The van der Waals surface area contributed by atoms with Crippen LogP contribution >= 0.6 is 23.2 Å². The topological polar surface area (TPSA) is 64.3 Å². The Hall–Kier alpha value is -3.28. The molecule has 1 aromatic heterocycles. The van der Waals surface area contributed by atoms with E-state index in [0.29, 0.717) is 21.5 Å². The quantitative estimate of drug-likeness (QED) is 0.335. The molecule has 0 bridgehead atoms. The van der Waals surface area contributed by atoms with E-state index in [-0.39, 0.29) is 0 Å². The fraction of sp³-hybridized carbons (Fsp3) is 0.120. The summed E-state index contributed by atoms with van der Waals surface area (Å²) >= 11 is 12.2. The number of ether oxygens (including phenoxy) is 1. The number of aryl methyl sites for hydroxylation is 1. The molecule has 0 saturated heterocycles. The first-order valence-electron chi connectivity index (χ1n) is 10.0. The average molecular weight is 467 g/mol.